The summed E-state index contributed by atoms with van der Waals surface area (Å²) in [6, 6.07) is 11.1. The van der Waals surface area contributed by atoms with Gasteiger partial charge in [0.1, 0.15) is 18.2 Å². The van der Waals surface area contributed by atoms with Crippen molar-refractivity contribution in [1.29, 1.82) is 5.26 Å². The molecule has 2 aliphatic heterocycles. The predicted octanol–water partition coefficient (Wildman–Crippen LogP) is 3.04. The number of nitrogens with one attached hydrogen (secondary N) is 2. The zero-order chi connectivity index (χ0) is 27.5. The number of guanidine groups is 1. The van der Waals surface area contributed by atoms with Gasteiger partial charge in [0, 0.05) is 26.2 Å². The van der Waals surface area contributed by atoms with Gasteiger partial charge in [0.25, 0.3) is 0 Å². The molecule has 3 aliphatic rings. The fraction of sp³-hybridized carbons (Fsp3) is 0.655. The number of piperidine rings is 1. The lowest BCUT2D eigenvalue weighted by atomic mass is 9.84. The first kappa shape index (κ1) is 28.8. The average Bonchev–Trinajstić information content (AvgIpc) is 2.98. The molecule has 1 unspecified atom stereocenters. The number of rotatable bonds is 7. The Morgan fingerprint density at radius 2 is 1.82 bits per heavy atom. The number of hydrogen-bond acceptors (Lipinski definition) is 7. The van der Waals surface area contributed by atoms with Gasteiger partial charge in [-0.25, -0.2) is 9.79 Å². The van der Waals surface area contributed by atoms with Crippen LogP contribution in [0, 0.1) is 17.2 Å². The van der Waals surface area contributed by atoms with Crippen molar-refractivity contribution in [1.82, 2.24) is 20.4 Å². The van der Waals surface area contributed by atoms with Gasteiger partial charge in [-0.15, -0.1) is 0 Å². The molecule has 0 radical (unpaired) electrons. The summed E-state index contributed by atoms with van der Waals surface area (Å²) >= 11 is 0. The highest BCUT2D eigenvalue weighted by Gasteiger charge is 2.38. The van der Waals surface area contributed by atoms with Gasteiger partial charge in [-0.1, -0.05) is 62.4 Å². The highest BCUT2D eigenvalue weighted by atomic mass is 16.5. The van der Waals surface area contributed by atoms with Crippen LogP contribution in [0.3, 0.4) is 0 Å². The van der Waals surface area contributed by atoms with Crippen LogP contribution in [0.2, 0.25) is 0 Å². The van der Waals surface area contributed by atoms with Gasteiger partial charge in [0.15, 0.2) is 0 Å². The van der Waals surface area contributed by atoms with E-state index in [0.29, 0.717) is 57.4 Å². The first-order chi connectivity index (χ1) is 19.0. The summed E-state index contributed by atoms with van der Waals surface area (Å²) in [6.07, 6.45) is 6.76. The van der Waals surface area contributed by atoms with E-state index in [9.17, 15) is 14.9 Å². The number of alkyl carbamates (subject to hydrolysis) is 1. The number of amides is 2. The summed E-state index contributed by atoms with van der Waals surface area (Å²) in [5, 5.41) is 15.9. The topological polar surface area (TPSA) is 119 Å². The smallest absolute Gasteiger partial charge is 0.414 e. The number of morpholine rings is 1. The van der Waals surface area contributed by atoms with Gasteiger partial charge in [0.2, 0.25) is 11.9 Å². The molecule has 10 heteroatoms. The third-order valence-corrected chi connectivity index (χ3v) is 8.02. The molecule has 2 saturated heterocycles. The van der Waals surface area contributed by atoms with Crippen LogP contribution in [0.4, 0.5) is 4.79 Å². The molecule has 10 nitrogen and oxygen atoms in total. The third-order valence-electron chi connectivity index (χ3n) is 8.02. The van der Waals surface area contributed by atoms with Gasteiger partial charge in [-0.2, -0.15) is 5.26 Å². The second kappa shape index (κ2) is 14.3. The Bertz CT molecular complexity index is 1010. The molecule has 1 saturated carbocycles. The molecule has 2 heterocycles. The molecule has 0 bridgehead atoms. The van der Waals surface area contributed by atoms with E-state index in [0.717, 1.165) is 44.3 Å². The Morgan fingerprint density at radius 3 is 2.49 bits per heavy atom. The lowest BCUT2D eigenvalue weighted by Crippen LogP contribution is -2.56. The second-order valence-corrected chi connectivity index (χ2v) is 11.0. The van der Waals surface area contributed by atoms with Gasteiger partial charge >= 0.3 is 6.09 Å². The SMILES string of the molecule is CN1CCC(C#N)(NC(=O)C(CC2CCCCC2)N=C(NC(=O)OCc2ccccc2)N2CCOCC2)CC1. The molecule has 4 rings (SSSR count). The van der Waals surface area contributed by atoms with Gasteiger partial charge in [-0.3, -0.25) is 10.1 Å². The third kappa shape index (κ3) is 8.67. The van der Waals surface area contributed by atoms with Crippen LogP contribution in [-0.4, -0.2) is 85.8 Å². The maximum Gasteiger partial charge on any atom is 0.414 e. The van der Waals surface area contributed by atoms with Crippen molar-refractivity contribution in [2.75, 3.05) is 46.4 Å². The molecule has 1 aromatic rings. The minimum atomic E-state index is -0.898. The maximum absolute atomic E-state index is 13.8. The number of benzene rings is 1. The van der Waals surface area contributed by atoms with E-state index in [-0.39, 0.29) is 12.5 Å². The van der Waals surface area contributed by atoms with Crippen molar-refractivity contribution in [2.45, 2.75) is 69.6 Å². The van der Waals surface area contributed by atoms with Crippen molar-refractivity contribution in [2.24, 2.45) is 10.9 Å². The van der Waals surface area contributed by atoms with E-state index < -0.39 is 17.7 Å². The van der Waals surface area contributed by atoms with Crippen LogP contribution in [0.15, 0.2) is 35.3 Å². The fourth-order valence-electron chi connectivity index (χ4n) is 5.51. The molecule has 212 valence electrons. The molecular formula is C29H42N6O4. The first-order valence-electron chi connectivity index (χ1n) is 14.3. The van der Waals surface area contributed by atoms with Gasteiger partial charge in [0.05, 0.1) is 19.3 Å². The van der Waals surface area contributed by atoms with Crippen molar-refractivity contribution in [3.05, 3.63) is 35.9 Å². The van der Waals surface area contributed by atoms with Crippen molar-refractivity contribution >= 4 is 18.0 Å². The Balaban J connectivity index is 1.53. The zero-order valence-electron chi connectivity index (χ0n) is 23.1. The Morgan fingerprint density at radius 1 is 1.13 bits per heavy atom. The Hall–Kier alpha value is -3.16. The molecular weight excluding hydrogens is 496 g/mol. The van der Waals surface area contributed by atoms with Gasteiger partial charge < -0.3 is 24.6 Å². The van der Waals surface area contributed by atoms with E-state index in [4.69, 9.17) is 14.5 Å². The van der Waals surface area contributed by atoms with Crippen LogP contribution >= 0.6 is 0 Å². The van der Waals surface area contributed by atoms with E-state index in [1.165, 1.54) is 6.42 Å². The van der Waals surface area contributed by atoms with Crippen LogP contribution in [0.25, 0.3) is 0 Å². The number of nitriles is 1. The molecule has 2 N–H and O–H groups in total. The van der Waals surface area contributed by atoms with E-state index in [1.807, 2.05) is 42.3 Å². The quantitative estimate of drug-likeness (QED) is 0.405. The summed E-state index contributed by atoms with van der Waals surface area (Å²) in [5.74, 6) is 0.448. The summed E-state index contributed by atoms with van der Waals surface area (Å²) in [5.41, 5.74) is -0.0162. The zero-order valence-corrected chi connectivity index (χ0v) is 23.1. The lowest BCUT2D eigenvalue weighted by Gasteiger charge is -2.37. The highest BCUT2D eigenvalue weighted by molar-refractivity contribution is 5.96. The summed E-state index contributed by atoms with van der Waals surface area (Å²) in [4.78, 5) is 35.6. The standard InChI is InChI=1S/C29H42N6O4/c1-34-14-12-29(22-30,13-15-34)33-26(36)25(20-23-8-4-2-5-9-23)31-27(35-16-18-38-19-17-35)32-28(37)39-21-24-10-6-3-7-11-24/h3,6-7,10-11,23,25H,2,4-5,8-9,12-21H2,1H3,(H,33,36)(H,31,32,37). The number of hydrogen-bond donors (Lipinski definition) is 2. The molecule has 2 amide bonds. The Kier molecular flexibility index (Phi) is 10.6. The van der Waals surface area contributed by atoms with E-state index in [2.05, 4.69) is 21.6 Å². The van der Waals surface area contributed by atoms with Crippen LogP contribution in [-0.2, 0) is 20.9 Å². The predicted molar refractivity (Wildman–Crippen MR) is 148 cm³/mol. The molecule has 1 aliphatic carbocycles. The molecule has 0 spiro atoms. The molecule has 0 aromatic heterocycles. The minimum Gasteiger partial charge on any atom is -0.444 e. The van der Waals surface area contributed by atoms with Crippen LogP contribution < -0.4 is 10.6 Å². The number of likely N-dealkylation sites (tertiary alicyclic amines) is 1. The summed E-state index contributed by atoms with van der Waals surface area (Å²) in [7, 11) is 2.02. The van der Waals surface area contributed by atoms with E-state index >= 15 is 0 Å². The lowest BCUT2D eigenvalue weighted by molar-refractivity contribution is -0.124. The van der Waals surface area contributed by atoms with Gasteiger partial charge in [-0.05, 0) is 37.8 Å². The van der Waals surface area contributed by atoms with Crippen LogP contribution in [0.5, 0.6) is 0 Å². The molecule has 1 aromatic carbocycles. The van der Waals surface area contributed by atoms with Crippen LogP contribution in [0.1, 0.15) is 56.9 Å². The maximum atomic E-state index is 13.8. The number of carbonyl (C=O) groups excluding carboxylic acids is 2. The molecule has 3 fully saturated rings. The number of nitrogens with zero attached hydrogens (tertiary/aromatic N) is 4. The molecule has 39 heavy (non-hydrogen) atoms. The largest absolute Gasteiger partial charge is 0.444 e. The molecule has 1 atom stereocenters. The monoisotopic (exact) mass is 538 g/mol. The van der Waals surface area contributed by atoms with Crippen molar-refractivity contribution < 1.29 is 19.1 Å². The second-order valence-electron chi connectivity index (χ2n) is 11.0. The summed E-state index contributed by atoms with van der Waals surface area (Å²) in [6.45, 7) is 3.73. The summed E-state index contributed by atoms with van der Waals surface area (Å²) < 4.78 is 11.0. The number of ether oxygens (including phenoxy) is 2. The first-order valence-corrected chi connectivity index (χ1v) is 14.3. The normalized spacial score (nSPS) is 21.4. The van der Waals surface area contributed by atoms with Crippen molar-refractivity contribution in [3.63, 3.8) is 0 Å². The van der Waals surface area contributed by atoms with E-state index in [1.54, 1.807) is 0 Å². The average molecular weight is 539 g/mol. The number of aliphatic imine (C=N–C) groups is 1. The highest BCUT2D eigenvalue weighted by Crippen LogP contribution is 2.29. The number of carbonyl (C=O) groups is 2. The minimum absolute atomic E-state index is 0.133. The fourth-order valence-corrected chi connectivity index (χ4v) is 5.51. The Labute approximate surface area is 231 Å². The van der Waals surface area contributed by atoms with Crippen molar-refractivity contribution in [3.8, 4) is 6.07 Å².